The minimum atomic E-state index is -0.605. The van der Waals surface area contributed by atoms with E-state index in [4.69, 9.17) is 9.26 Å². The van der Waals surface area contributed by atoms with Crippen LogP contribution in [0.4, 0.5) is 0 Å². The van der Waals surface area contributed by atoms with Gasteiger partial charge in [0.15, 0.2) is 5.82 Å². The maximum atomic E-state index is 13.8. The Morgan fingerprint density at radius 2 is 1.68 bits per heavy atom. The molecule has 10 nitrogen and oxygen atoms in total. The van der Waals surface area contributed by atoms with Gasteiger partial charge in [-0.15, -0.1) is 11.3 Å². The number of fused-ring (bicyclic) bond motifs is 1. The summed E-state index contributed by atoms with van der Waals surface area (Å²) in [4.78, 5) is 45.6. The summed E-state index contributed by atoms with van der Waals surface area (Å²) in [6, 6.07) is 17.6. The highest BCUT2D eigenvalue weighted by Crippen LogP contribution is 2.44. The van der Waals surface area contributed by atoms with Gasteiger partial charge in [-0.3, -0.25) is 28.3 Å². The number of hydrogen-bond donors (Lipinski definition) is 1. The molecule has 0 amide bonds. The number of thiophene rings is 1. The molecule has 2 fully saturated rings. The number of aromatic nitrogens is 4. The fourth-order valence-electron chi connectivity index (χ4n) is 5.45. The Bertz CT molecular complexity index is 1890. The molecule has 1 N–H and O–H groups in total. The molecule has 41 heavy (non-hydrogen) atoms. The molecule has 1 aliphatic carbocycles. The van der Waals surface area contributed by atoms with E-state index < -0.39 is 5.76 Å². The van der Waals surface area contributed by atoms with Gasteiger partial charge in [-0.05, 0) is 41.5 Å². The summed E-state index contributed by atoms with van der Waals surface area (Å²) in [6.07, 6.45) is 2.26. The van der Waals surface area contributed by atoms with Crippen LogP contribution < -0.4 is 17.0 Å². The van der Waals surface area contributed by atoms with Crippen molar-refractivity contribution < 1.29 is 9.26 Å². The van der Waals surface area contributed by atoms with Gasteiger partial charge in [-0.25, -0.2) is 9.59 Å². The molecule has 0 radical (unpaired) electrons. The van der Waals surface area contributed by atoms with Crippen molar-refractivity contribution in [3.63, 3.8) is 0 Å². The fourth-order valence-corrected chi connectivity index (χ4v) is 6.76. The number of ether oxygens (including phenoxy) is 1. The molecule has 0 unspecified atom stereocenters. The standard InChI is InChI=1S/C30H29N5O5S/c36-27-24-17-25(21-9-10-21)41-28(24)35(30(38)34(27)12-11-33-13-15-39-16-14-33)18-19-5-7-20(8-6-19)22-3-1-2-4-23(22)26-31-29(37)40-32-26/h1-8,17,21H,9-16,18H2,(H,31,32,37). The van der Waals surface area contributed by atoms with Crippen LogP contribution in [0.3, 0.4) is 0 Å². The maximum Gasteiger partial charge on any atom is 0.439 e. The SMILES string of the molecule is O=c1[nH]c(-c2ccccc2-c2ccc(Cn3c(=O)n(CCN4CCOCC4)c(=O)c4cc(C5CC5)sc43)cc2)no1. The third kappa shape index (κ3) is 5.12. The zero-order chi connectivity index (χ0) is 27.9. The molecule has 0 bridgehead atoms. The number of aromatic amines is 1. The molecular formula is C30H29N5O5S. The van der Waals surface area contributed by atoms with Gasteiger partial charge in [0.1, 0.15) is 4.83 Å². The molecule has 1 saturated carbocycles. The van der Waals surface area contributed by atoms with E-state index in [0.29, 0.717) is 50.0 Å². The van der Waals surface area contributed by atoms with Gasteiger partial charge in [-0.1, -0.05) is 53.7 Å². The molecule has 7 rings (SSSR count). The normalized spacial score (nSPS) is 16.0. The van der Waals surface area contributed by atoms with E-state index in [1.807, 2.05) is 54.6 Å². The van der Waals surface area contributed by atoms with Crippen LogP contribution in [-0.4, -0.2) is 57.0 Å². The Morgan fingerprint density at radius 1 is 0.927 bits per heavy atom. The van der Waals surface area contributed by atoms with Crippen molar-refractivity contribution in [2.45, 2.75) is 31.8 Å². The number of hydrogen-bond acceptors (Lipinski definition) is 8. The second kappa shape index (κ2) is 10.7. The van der Waals surface area contributed by atoms with Gasteiger partial charge in [0.05, 0.1) is 25.1 Å². The molecule has 5 aromatic rings. The number of nitrogens with zero attached hydrogens (tertiary/aromatic N) is 4. The molecule has 11 heteroatoms. The van der Waals surface area contributed by atoms with Gasteiger partial charge in [0.25, 0.3) is 5.56 Å². The Balaban J connectivity index is 1.23. The molecule has 2 aromatic carbocycles. The Kier molecular flexibility index (Phi) is 6.77. The first-order valence-corrected chi connectivity index (χ1v) is 14.7. The van der Waals surface area contributed by atoms with Crippen LogP contribution in [0.25, 0.3) is 32.7 Å². The molecule has 0 atom stereocenters. The quantitative estimate of drug-likeness (QED) is 0.303. The predicted octanol–water partition coefficient (Wildman–Crippen LogP) is 3.49. The predicted molar refractivity (Wildman–Crippen MR) is 157 cm³/mol. The zero-order valence-electron chi connectivity index (χ0n) is 22.4. The topological polar surface area (TPSA) is 115 Å². The lowest BCUT2D eigenvalue weighted by Crippen LogP contribution is -2.44. The van der Waals surface area contributed by atoms with E-state index in [1.54, 1.807) is 15.9 Å². The van der Waals surface area contributed by atoms with Crippen LogP contribution in [0.1, 0.15) is 29.2 Å². The molecule has 1 aliphatic heterocycles. The van der Waals surface area contributed by atoms with E-state index in [0.717, 1.165) is 53.0 Å². The molecule has 1 saturated heterocycles. The second-order valence-corrected chi connectivity index (χ2v) is 11.7. The lowest BCUT2D eigenvalue weighted by molar-refractivity contribution is 0.0361. The highest BCUT2D eigenvalue weighted by molar-refractivity contribution is 7.18. The number of H-pyrrole nitrogens is 1. The summed E-state index contributed by atoms with van der Waals surface area (Å²) >= 11 is 1.58. The summed E-state index contributed by atoms with van der Waals surface area (Å²) in [5, 5.41) is 4.48. The maximum absolute atomic E-state index is 13.8. The van der Waals surface area contributed by atoms with Crippen LogP contribution >= 0.6 is 11.3 Å². The van der Waals surface area contributed by atoms with E-state index in [2.05, 4.69) is 15.0 Å². The molecular weight excluding hydrogens is 542 g/mol. The minimum absolute atomic E-state index is 0.199. The summed E-state index contributed by atoms with van der Waals surface area (Å²) < 4.78 is 13.3. The van der Waals surface area contributed by atoms with Crippen LogP contribution in [-0.2, 0) is 17.8 Å². The van der Waals surface area contributed by atoms with Crippen molar-refractivity contribution in [3.8, 4) is 22.5 Å². The lowest BCUT2D eigenvalue weighted by atomic mass is 9.98. The van der Waals surface area contributed by atoms with E-state index >= 15 is 0 Å². The lowest BCUT2D eigenvalue weighted by Gasteiger charge is -2.26. The summed E-state index contributed by atoms with van der Waals surface area (Å²) in [6.45, 7) is 4.29. The summed E-state index contributed by atoms with van der Waals surface area (Å²) in [5.74, 6) is 0.259. The fraction of sp³-hybridized carbons (Fsp3) is 0.333. The van der Waals surface area contributed by atoms with Gasteiger partial charge in [0, 0.05) is 36.6 Å². The van der Waals surface area contributed by atoms with E-state index in [-0.39, 0.29) is 11.2 Å². The van der Waals surface area contributed by atoms with Gasteiger partial charge in [-0.2, -0.15) is 0 Å². The minimum Gasteiger partial charge on any atom is -0.379 e. The number of rotatable bonds is 8. The van der Waals surface area contributed by atoms with Gasteiger partial charge in [0.2, 0.25) is 0 Å². The molecule has 0 spiro atoms. The summed E-state index contributed by atoms with van der Waals surface area (Å²) in [7, 11) is 0. The smallest absolute Gasteiger partial charge is 0.379 e. The monoisotopic (exact) mass is 571 g/mol. The first-order valence-electron chi connectivity index (χ1n) is 13.9. The van der Waals surface area contributed by atoms with Crippen molar-refractivity contribution in [2.24, 2.45) is 0 Å². The average molecular weight is 572 g/mol. The number of benzene rings is 2. The molecule has 2 aliphatic rings. The van der Waals surface area contributed by atoms with Gasteiger partial charge >= 0.3 is 11.4 Å². The average Bonchev–Trinajstić information content (AvgIpc) is 3.61. The zero-order valence-corrected chi connectivity index (χ0v) is 23.2. The van der Waals surface area contributed by atoms with Gasteiger partial charge < -0.3 is 4.74 Å². The summed E-state index contributed by atoms with van der Waals surface area (Å²) in [5.41, 5.74) is 3.06. The molecule has 3 aromatic heterocycles. The third-order valence-corrected chi connectivity index (χ3v) is 9.19. The third-order valence-electron chi connectivity index (χ3n) is 7.87. The van der Waals surface area contributed by atoms with E-state index in [9.17, 15) is 14.4 Å². The highest BCUT2D eigenvalue weighted by Gasteiger charge is 2.27. The van der Waals surface area contributed by atoms with E-state index in [1.165, 1.54) is 9.44 Å². The van der Waals surface area contributed by atoms with Crippen molar-refractivity contribution in [1.29, 1.82) is 0 Å². The molecule has 210 valence electrons. The van der Waals surface area contributed by atoms with Crippen molar-refractivity contribution >= 4 is 21.6 Å². The van der Waals surface area contributed by atoms with Crippen LogP contribution in [0, 0.1) is 0 Å². The number of morpholine rings is 1. The largest absolute Gasteiger partial charge is 0.439 e. The number of nitrogens with one attached hydrogen (secondary N) is 1. The highest BCUT2D eigenvalue weighted by atomic mass is 32.1. The molecule has 4 heterocycles. The first kappa shape index (κ1) is 25.9. The first-order chi connectivity index (χ1) is 20.0. The van der Waals surface area contributed by atoms with Crippen LogP contribution in [0.2, 0.25) is 0 Å². The van der Waals surface area contributed by atoms with Crippen molar-refractivity contribution in [3.05, 3.63) is 96.4 Å². The van der Waals surface area contributed by atoms with Crippen LogP contribution in [0.15, 0.2) is 73.5 Å². The van der Waals surface area contributed by atoms with Crippen molar-refractivity contribution in [1.82, 2.24) is 24.2 Å². The van der Waals surface area contributed by atoms with Crippen molar-refractivity contribution in [2.75, 3.05) is 32.8 Å². The Hall–Kier alpha value is -4.06. The Morgan fingerprint density at radius 3 is 2.39 bits per heavy atom. The Labute approximate surface area is 238 Å². The van der Waals surface area contributed by atoms with Crippen LogP contribution in [0.5, 0.6) is 0 Å². The second-order valence-electron chi connectivity index (χ2n) is 10.6.